The lowest BCUT2D eigenvalue weighted by atomic mass is 10.1. The minimum absolute atomic E-state index is 0.464. The van der Waals surface area contributed by atoms with Crippen LogP contribution in [0.2, 0.25) is 0 Å². The number of aryl methyl sites for hydroxylation is 2. The molecule has 2 heterocycles. The quantitative estimate of drug-likeness (QED) is 0.664. The smallest absolute Gasteiger partial charge is 0.100 e. The Morgan fingerprint density at radius 3 is 2.68 bits per heavy atom. The zero-order valence-corrected chi connectivity index (χ0v) is 11.6. The molecule has 0 spiro atoms. The molecule has 0 aliphatic rings. The molecule has 3 rings (SSSR count). The Morgan fingerprint density at radius 1 is 1.11 bits per heavy atom. The van der Waals surface area contributed by atoms with Crippen LogP contribution in [0.5, 0.6) is 0 Å². The van der Waals surface area contributed by atoms with E-state index in [1.165, 1.54) is 11.1 Å². The second-order valence-corrected chi connectivity index (χ2v) is 4.99. The lowest BCUT2D eigenvalue weighted by molar-refractivity contribution is 1.06. The molecule has 19 heavy (non-hydrogen) atoms. The van der Waals surface area contributed by atoms with Crippen molar-refractivity contribution < 1.29 is 0 Å². The first-order chi connectivity index (χ1) is 9.19. The third-order valence-corrected chi connectivity index (χ3v) is 3.68. The van der Waals surface area contributed by atoms with E-state index >= 15 is 0 Å². The zero-order chi connectivity index (χ0) is 13.4. The molecule has 0 N–H and O–H groups in total. The van der Waals surface area contributed by atoms with Crippen molar-refractivity contribution in [2.24, 2.45) is 0 Å². The van der Waals surface area contributed by atoms with Crippen LogP contribution in [0.3, 0.4) is 0 Å². The van der Waals surface area contributed by atoms with Crippen molar-refractivity contribution in [2.45, 2.75) is 19.7 Å². The summed E-state index contributed by atoms with van der Waals surface area (Å²) < 4.78 is 2.05. The summed E-state index contributed by atoms with van der Waals surface area (Å²) >= 11 is 5.86. The van der Waals surface area contributed by atoms with Gasteiger partial charge in [-0.05, 0) is 48.7 Å². The number of pyridine rings is 1. The van der Waals surface area contributed by atoms with E-state index in [0.717, 1.165) is 22.3 Å². The van der Waals surface area contributed by atoms with E-state index in [1.54, 1.807) is 6.20 Å². The molecule has 0 saturated carbocycles. The van der Waals surface area contributed by atoms with E-state index in [1.807, 2.05) is 23.2 Å². The Balaban J connectivity index is 2.22. The zero-order valence-electron chi connectivity index (χ0n) is 10.9. The largest absolute Gasteiger partial charge is 0.297 e. The molecule has 4 heteroatoms. The number of hydrogen-bond donors (Lipinski definition) is 0. The van der Waals surface area contributed by atoms with Crippen molar-refractivity contribution in [1.82, 2.24) is 14.5 Å². The van der Waals surface area contributed by atoms with Gasteiger partial charge in [0, 0.05) is 12.1 Å². The van der Waals surface area contributed by atoms with Crippen LogP contribution >= 0.6 is 11.6 Å². The number of alkyl halides is 1. The van der Waals surface area contributed by atoms with Gasteiger partial charge in [0.05, 0.1) is 22.9 Å². The van der Waals surface area contributed by atoms with Gasteiger partial charge in [-0.15, -0.1) is 11.6 Å². The summed E-state index contributed by atoms with van der Waals surface area (Å²) in [4.78, 5) is 8.68. The number of nitrogens with zero attached hydrogens (tertiary/aromatic N) is 3. The molecule has 0 amide bonds. The Bertz CT molecular complexity index is 746. The van der Waals surface area contributed by atoms with E-state index < -0.39 is 0 Å². The van der Waals surface area contributed by atoms with Crippen LogP contribution in [0.4, 0.5) is 0 Å². The molecule has 0 aliphatic heterocycles. The molecule has 0 radical (unpaired) electrons. The topological polar surface area (TPSA) is 30.7 Å². The third-order valence-electron chi connectivity index (χ3n) is 3.38. The van der Waals surface area contributed by atoms with Crippen LogP contribution in [0, 0.1) is 13.8 Å². The molecular formula is C15H14ClN3. The minimum Gasteiger partial charge on any atom is -0.297 e. The van der Waals surface area contributed by atoms with Crippen molar-refractivity contribution in [3.63, 3.8) is 0 Å². The molecule has 96 valence electrons. The van der Waals surface area contributed by atoms with E-state index in [9.17, 15) is 0 Å². The average molecular weight is 272 g/mol. The second-order valence-electron chi connectivity index (χ2n) is 4.72. The summed E-state index contributed by atoms with van der Waals surface area (Å²) in [6, 6.07) is 6.31. The highest BCUT2D eigenvalue weighted by molar-refractivity contribution is 6.17. The molecule has 3 nitrogen and oxygen atoms in total. The van der Waals surface area contributed by atoms with Crippen molar-refractivity contribution in [2.75, 3.05) is 0 Å². The summed E-state index contributed by atoms with van der Waals surface area (Å²) in [5.41, 5.74) is 6.60. The molecule has 0 aliphatic carbocycles. The Labute approximate surface area is 116 Å². The molecule has 0 atom stereocenters. The van der Waals surface area contributed by atoms with Crippen LogP contribution < -0.4 is 0 Å². The number of benzene rings is 1. The van der Waals surface area contributed by atoms with E-state index in [2.05, 4.69) is 35.9 Å². The summed E-state index contributed by atoms with van der Waals surface area (Å²) in [6.07, 6.45) is 5.44. The summed E-state index contributed by atoms with van der Waals surface area (Å²) in [6.45, 7) is 4.21. The highest BCUT2D eigenvalue weighted by Crippen LogP contribution is 2.22. The fourth-order valence-corrected chi connectivity index (χ4v) is 2.29. The maximum Gasteiger partial charge on any atom is 0.100 e. The summed E-state index contributed by atoms with van der Waals surface area (Å²) in [5.74, 6) is 0.464. The van der Waals surface area contributed by atoms with Gasteiger partial charge in [-0.2, -0.15) is 0 Å². The van der Waals surface area contributed by atoms with Crippen molar-refractivity contribution in [3.8, 4) is 5.69 Å². The lowest BCUT2D eigenvalue weighted by Gasteiger charge is -2.06. The molecule has 0 saturated heterocycles. The van der Waals surface area contributed by atoms with Gasteiger partial charge in [0.2, 0.25) is 0 Å². The van der Waals surface area contributed by atoms with E-state index in [-0.39, 0.29) is 0 Å². The van der Waals surface area contributed by atoms with E-state index in [4.69, 9.17) is 11.6 Å². The van der Waals surface area contributed by atoms with Crippen molar-refractivity contribution in [1.29, 1.82) is 0 Å². The number of halogens is 1. The lowest BCUT2D eigenvalue weighted by Crippen LogP contribution is -1.95. The Hall–Kier alpha value is -1.87. The third kappa shape index (κ3) is 2.10. The van der Waals surface area contributed by atoms with Crippen LogP contribution in [0.1, 0.15) is 16.7 Å². The summed E-state index contributed by atoms with van der Waals surface area (Å²) in [7, 11) is 0. The van der Waals surface area contributed by atoms with Crippen molar-refractivity contribution in [3.05, 3.63) is 53.6 Å². The summed E-state index contributed by atoms with van der Waals surface area (Å²) in [5, 5.41) is 0. The maximum absolute atomic E-state index is 5.86. The highest BCUT2D eigenvalue weighted by Gasteiger charge is 2.07. The van der Waals surface area contributed by atoms with Crippen molar-refractivity contribution >= 4 is 22.6 Å². The second kappa shape index (κ2) is 4.67. The average Bonchev–Trinajstić information content (AvgIpc) is 2.82. The molecular weight excluding hydrogens is 258 g/mol. The predicted molar refractivity (Wildman–Crippen MR) is 77.9 cm³/mol. The fourth-order valence-electron chi connectivity index (χ4n) is 2.15. The van der Waals surface area contributed by atoms with Gasteiger partial charge in [-0.3, -0.25) is 9.55 Å². The normalized spacial score (nSPS) is 11.1. The first-order valence-electron chi connectivity index (χ1n) is 6.13. The van der Waals surface area contributed by atoms with Gasteiger partial charge < -0.3 is 0 Å². The standard InChI is InChI=1S/C15H14ClN3/c1-10-3-14-15(4-11(10)2)19(9-18-14)13-5-12(6-16)7-17-8-13/h3-5,7-9H,6H2,1-2H3. The first kappa shape index (κ1) is 12.2. The molecule has 3 aromatic rings. The minimum atomic E-state index is 0.464. The van der Waals surface area contributed by atoms with Gasteiger partial charge in [0.1, 0.15) is 6.33 Å². The number of imidazole rings is 1. The maximum atomic E-state index is 5.86. The molecule has 0 fully saturated rings. The Kier molecular flexibility index (Phi) is 2.99. The van der Waals surface area contributed by atoms with Crippen LogP contribution in [0.25, 0.3) is 16.7 Å². The number of fused-ring (bicyclic) bond motifs is 1. The first-order valence-corrected chi connectivity index (χ1v) is 6.67. The number of hydrogen-bond acceptors (Lipinski definition) is 2. The Morgan fingerprint density at radius 2 is 1.89 bits per heavy atom. The van der Waals surface area contributed by atoms with Gasteiger partial charge in [0.15, 0.2) is 0 Å². The van der Waals surface area contributed by atoms with E-state index in [0.29, 0.717) is 5.88 Å². The highest BCUT2D eigenvalue weighted by atomic mass is 35.5. The predicted octanol–water partition coefficient (Wildman–Crippen LogP) is 3.78. The van der Waals surface area contributed by atoms with Crippen LogP contribution in [-0.2, 0) is 5.88 Å². The monoisotopic (exact) mass is 271 g/mol. The molecule has 1 aromatic carbocycles. The van der Waals surface area contributed by atoms with Crippen LogP contribution in [-0.4, -0.2) is 14.5 Å². The fraction of sp³-hybridized carbons (Fsp3) is 0.200. The molecule has 0 unspecified atom stereocenters. The number of aromatic nitrogens is 3. The SMILES string of the molecule is Cc1cc2ncn(-c3cncc(CCl)c3)c2cc1C. The molecule has 0 bridgehead atoms. The molecule has 2 aromatic heterocycles. The van der Waals surface area contributed by atoms with Gasteiger partial charge in [-0.1, -0.05) is 0 Å². The van der Waals surface area contributed by atoms with Crippen LogP contribution in [0.15, 0.2) is 36.9 Å². The van der Waals surface area contributed by atoms with Gasteiger partial charge in [0.25, 0.3) is 0 Å². The van der Waals surface area contributed by atoms with Gasteiger partial charge >= 0.3 is 0 Å². The number of rotatable bonds is 2. The van der Waals surface area contributed by atoms with Gasteiger partial charge in [-0.25, -0.2) is 4.98 Å².